The second kappa shape index (κ2) is 6.18. The molecular formula is C11H22N2O3. The van der Waals surface area contributed by atoms with Gasteiger partial charge in [-0.15, -0.1) is 0 Å². The summed E-state index contributed by atoms with van der Waals surface area (Å²) in [6, 6.07) is -0.286. The molecule has 1 saturated heterocycles. The fourth-order valence-electron chi connectivity index (χ4n) is 1.76. The first-order valence-corrected chi connectivity index (χ1v) is 5.86. The number of nitrogens with one attached hydrogen (secondary N) is 2. The lowest BCUT2D eigenvalue weighted by Crippen LogP contribution is -2.53. The predicted molar refractivity (Wildman–Crippen MR) is 61.2 cm³/mol. The Hall–Kier alpha value is -0.650. The Morgan fingerprint density at radius 2 is 2.44 bits per heavy atom. The average Bonchev–Trinajstić information content (AvgIpc) is 2.27. The zero-order valence-corrected chi connectivity index (χ0v) is 10.1. The van der Waals surface area contributed by atoms with E-state index < -0.39 is 5.60 Å². The first kappa shape index (κ1) is 13.4. The Labute approximate surface area is 96.6 Å². The van der Waals surface area contributed by atoms with Crippen LogP contribution in [0.1, 0.15) is 26.7 Å². The molecule has 1 amide bonds. The van der Waals surface area contributed by atoms with Gasteiger partial charge in [-0.1, -0.05) is 13.3 Å². The van der Waals surface area contributed by atoms with Crippen LogP contribution in [0.3, 0.4) is 0 Å². The van der Waals surface area contributed by atoms with E-state index in [1.807, 2.05) is 6.92 Å². The molecule has 1 rings (SSSR count). The number of rotatable bonds is 5. The molecule has 1 aliphatic rings. The smallest absolute Gasteiger partial charge is 0.239 e. The molecule has 1 fully saturated rings. The number of hydrogen-bond acceptors (Lipinski definition) is 4. The van der Waals surface area contributed by atoms with Gasteiger partial charge in [-0.25, -0.2) is 0 Å². The predicted octanol–water partition coefficient (Wildman–Crippen LogP) is -0.358. The molecule has 0 aromatic carbocycles. The number of aliphatic hydroxyl groups is 1. The van der Waals surface area contributed by atoms with Crippen molar-refractivity contribution in [2.45, 2.75) is 38.3 Å². The second-order valence-corrected chi connectivity index (χ2v) is 4.55. The molecule has 2 atom stereocenters. The Morgan fingerprint density at radius 3 is 3.00 bits per heavy atom. The summed E-state index contributed by atoms with van der Waals surface area (Å²) in [5, 5.41) is 15.7. The number of morpholine rings is 1. The maximum atomic E-state index is 11.7. The maximum absolute atomic E-state index is 11.7. The third-order valence-electron chi connectivity index (χ3n) is 2.67. The van der Waals surface area contributed by atoms with E-state index in [0.29, 0.717) is 26.2 Å². The molecule has 5 nitrogen and oxygen atoms in total. The van der Waals surface area contributed by atoms with Crippen LogP contribution >= 0.6 is 0 Å². The quantitative estimate of drug-likeness (QED) is 0.603. The summed E-state index contributed by atoms with van der Waals surface area (Å²) < 4.78 is 5.20. The van der Waals surface area contributed by atoms with Gasteiger partial charge in [0.05, 0.1) is 18.8 Å². The van der Waals surface area contributed by atoms with Crippen LogP contribution in [0.2, 0.25) is 0 Å². The van der Waals surface area contributed by atoms with Crippen molar-refractivity contribution in [2.75, 3.05) is 26.3 Å². The number of ether oxygens (including phenoxy) is 1. The van der Waals surface area contributed by atoms with Gasteiger partial charge in [-0.05, 0) is 13.3 Å². The second-order valence-electron chi connectivity index (χ2n) is 4.55. The first-order valence-electron chi connectivity index (χ1n) is 5.86. The van der Waals surface area contributed by atoms with E-state index in [2.05, 4.69) is 10.6 Å². The molecule has 0 aliphatic carbocycles. The summed E-state index contributed by atoms with van der Waals surface area (Å²) in [6.45, 7) is 5.79. The van der Waals surface area contributed by atoms with Crippen molar-refractivity contribution in [1.29, 1.82) is 0 Å². The van der Waals surface area contributed by atoms with Crippen LogP contribution in [-0.2, 0) is 9.53 Å². The summed E-state index contributed by atoms with van der Waals surface area (Å²) in [5.41, 5.74) is -0.820. The number of hydrogen-bond donors (Lipinski definition) is 3. The number of carbonyl (C=O) groups excluding carboxylic acids is 1. The highest BCUT2D eigenvalue weighted by Crippen LogP contribution is 2.10. The van der Waals surface area contributed by atoms with Crippen molar-refractivity contribution in [2.24, 2.45) is 0 Å². The molecule has 0 radical (unpaired) electrons. The van der Waals surface area contributed by atoms with E-state index in [1.165, 1.54) is 0 Å². The SMILES string of the molecule is CCCC(C)(O)CNC(=O)C1COCCN1. The monoisotopic (exact) mass is 230 g/mol. The molecular weight excluding hydrogens is 208 g/mol. The van der Waals surface area contributed by atoms with E-state index in [9.17, 15) is 9.90 Å². The molecule has 2 unspecified atom stereocenters. The van der Waals surface area contributed by atoms with E-state index in [4.69, 9.17) is 4.74 Å². The molecule has 16 heavy (non-hydrogen) atoms. The van der Waals surface area contributed by atoms with Gasteiger partial charge in [-0.2, -0.15) is 0 Å². The van der Waals surface area contributed by atoms with Gasteiger partial charge in [-0.3, -0.25) is 4.79 Å². The summed E-state index contributed by atoms with van der Waals surface area (Å²) >= 11 is 0. The van der Waals surface area contributed by atoms with Gasteiger partial charge in [0.15, 0.2) is 0 Å². The van der Waals surface area contributed by atoms with Crippen molar-refractivity contribution in [1.82, 2.24) is 10.6 Å². The topological polar surface area (TPSA) is 70.6 Å². The molecule has 0 aromatic heterocycles. The normalized spacial score (nSPS) is 24.8. The van der Waals surface area contributed by atoms with Crippen molar-refractivity contribution in [3.8, 4) is 0 Å². The molecule has 3 N–H and O–H groups in total. The van der Waals surface area contributed by atoms with Gasteiger partial charge in [0.2, 0.25) is 5.91 Å². The van der Waals surface area contributed by atoms with Crippen molar-refractivity contribution >= 4 is 5.91 Å². The van der Waals surface area contributed by atoms with Crippen molar-refractivity contribution in [3.63, 3.8) is 0 Å². The molecule has 0 spiro atoms. The highest BCUT2D eigenvalue weighted by Gasteiger charge is 2.24. The lowest BCUT2D eigenvalue weighted by atomic mass is 10.0. The molecule has 94 valence electrons. The van der Waals surface area contributed by atoms with Crippen LogP contribution in [0, 0.1) is 0 Å². The minimum atomic E-state index is -0.820. The Bertz CT molecular complexity index is 225. The molecule has 0 bridgehead atoms. The number of carbonyl (C=O) groups is 1. The molecule has 1 aliphatic heterocycles. The summed E-state index contributed by atoms with van der Waals surface area (Å²) in [4.78, 5) is 11.7. The van der Waals surface area contributed by atoms with Gasteiger partial charge in [0.1, 0.15) is 6.04 Å². The van der Waals surface area contributed by atoms with Crippen molar-refractivity contribution in [3.05, 3.63) is 0 Å². The zero-order valence-electron chi connectivity index (χ0n) is 10.1. The number of amides is 1. The standard InChI is InChI=1S/C11H22N2O3/c1-3-4-11(2,15)8-13-10(14)9-7-16-6-5-12-9/h9,12,15H,3-8H2,1-2H3,(H,13,14). The van der Waals surface area contributed by atoms with Gasteiger partial charge >= 0.3 is 0 Å². The molecule has 0 saturated carbocycles. The van der Waals surface area contributed by atoms with Gasteiger partial charge < -0.3 is 20.5 Å². The Morgan fingerprint density at radius 1 is 1.69 bits per heavy atom. The van der Waals surface area contributed by atoms with Crippen LogP contribution < -0.4 is 10.6 Å². The summed E-state index contributed by atoms with van der Waals surface area (Å²) in [7, 11) is 0. The minimum Gasteiger partial charge on any atom is -0.388 e. The Balaban J connectivity index is 2.28. The van der Waals surface area contributed by atoms with E-state index in [1.54, 1.807) is 6.92 Å². The maximum Gasteiger partial charge on any atom is 0.239 e. The van der Waals surface area contributed by atoms with Crippen LogP contribution in [0.4, 0.5) is 0 Å². The van der Waals surface area contributed by atoms with Gasteiger partial charge in [0.25, 0.3) is 0 Å². The largest absolute Gasteiger partial charge is 0.388 e. The Kier molecular flexibility index (Phi) is 5.18. The third kappa shape index (κ3) is 4.47. The summed E-state index contributed by atoms with van der Waals surface area (Å²) in [6.07, 6.45) is 1.58. The first-order chi connectivity index (χ1) is 7.55. The van der Waals surface area contributed by atoms with Crippen molar-refractivity contribution < 1.29 is 14.6 Å². The molecule has 0 aromatic rings. The van der Waals surface area contributed by atoms with Crippen LogP contribution in [0.15, 0.2) is 0 Å². The van der Waals surface area contributed by atoms with Gasteiger partial charge in [0, 0.05) is 13.1 Å². The van der Waals surface area contributed by atoms with E-state index in [0.717, 1.165) is 6.42 Å². The van der Waals surface area contributed by atoms with Crippen LogP contribution in [0.25, 0.3) is 0 Å². The lowest BCUT2D eigenvalue weighted by Gasteiger charge is -2.26. The fraction of sp³-hybridized carbons (Fsp3) is 0.909. The average molecular weight is 230 g/mol. The fourth-order valence-corrected chi connectivity index (χ4v) is 1.76. The summed E-state index contributed by atoms with van der Waals surface area (Å²) in [5.74, 6) is -0.101. The van der Waals surface area contributed by atoms with E-state index in [-0.39, 0.29) is 18.5 Å². The molecule has 1 heterocycles. The third-order valence-corrected chi connectivity index (χ3v) is 2.67. The van der Waals surface area contributed by atoms with Crippen LogP contribution in [0.5, 0.6) is 0 Å². The minimum absolute atomic E-state index is 0.101. The lowest BCUT2D eigenvalue weighted by molar-refractivity contribution is -0.127. The highest BCUT2D eigenvalue weighted by molar-refractivity contribution is 5.82. The van der Waals surface area contributed by atoms with E-state index >= 15 is 0 Å². The highest BCUT2D eigenvalue weighted by atomic mass is 16.5. The molecule has 5 heteroatoms. The van der Waals surface area contributed by atoms with Crippen LogP contribution in [-0.4, -0.2) is 49.0 Å². The zero-order chi connectivity index (χ0) is 12.0.